The molecular weight excluding hydrogens is 124 g/mol. The van der Waals surface area contributed by atoms with Crippen LogP contribution in [0.1, 0.15) is 6.92 Å². The van der Waals surface area contributed by atoms with Crippen LogP contribution < -0.4 is 0 Å². The van der Waals surface area contributed by atoms with Crippen molar-refractivity contribution >= 4 is 0 Å². The number of hydrogen-bond acceptors (Lipinski definition) is 0. The monoisotopic (exact) mass is 128 g/mol. The Morgan fingerprint density at radius 3 is 2.00 bits per heavy atom. The van der Waals surface area contributed by atoms with Crippen LogP contribution in [0.3, 0.4) is 0 Å². The Labute approximate surface area is 49.1 Å². The molecule has 0 saturated carbocycles. The van der Waals surface area contributed by atoms with Gasteiger partial charge in [-0.15, -0.1) is 6.92 Å². The average Bonchev–Trinajstić information content (AvgIpc) is 1.38. The first-order valence-corrected chi connectivity index (χ1v) is 1.35. The quantitative estimate of drug-likeness (QED) is 0.261. The van der Waals surface area contributed by atoms with E-state index in [0.29, 0.717) is 5.57 Å². The molecule has 0 amide bonds. The number of rotatable bonds is 0. The zero-order valence-electron chi connectivity index (χ0n) is 3.51. The maximum absolute atomic E-state index is 6.31. The van der Waals surface area contributed by atoms with E-state index in [2.05, 4.69) is 12.5 Å². The van der Waals surface area contributed by atoms with E-state index in [4.69, 9.17) is 6.42 Å². The van der Waals surface area contributed by atoms with Crippen molar-refractivity contribution in [2.45, 2.75) is 6.92 Å². The van der Waals surface area contributed by atoms with E-state index in [0.717, 1.165) is 0 Å². The van der Waals surface area contributed by atoms with Gasteiger partial charge in [-0.25, -0.2) is 0 Å². The minimum absolute atomic E-state index is 0. The van der Waals surface area contributed by atoms with E-state index >= 15 is 0 Å². The first-order valence-electron chi connectivity index (χ1n) is 1.35. The molecule has 0 atom stereocenters. The van der Waals surface area contributed by atoms with Crippen molar-refractivity contribution in [2.75, 3.05) is 0 Å². The van der Waals surface area contributed by atoms with Gasteiger partial charge in [-0.2, -0.15) is 12.2 Å². The summed E-state index contributed by atoms with van der Waals surface area (Å²) in [5.41, 5.74) is 0.671. The standard InChI is InChI=1S/C5H5.Cu/c1-4-5(2)3;/h2H2,3H3;/q-1;+1. The molecule has 0 aliphatic rings. The molecule has 0 fully saturated rings. The van der Waals surface area contributed by atoms with E-state index in [-0.39, 0.29) is 17.1 Å². The van der Waals surface area contributed by atoms with Crippen LogP contribution >= 0.6 is 0 Å². The molecule has 0 spiro atoms. The minimum atomic E-state index is 0. The summed E-state index contributed by atoms with van der Waals surface area (Å²) in [6, 6.07) is 0. The SMILES string of the molecule is [C-]#CC(=C)C.[Cu+]. The third-order valence-electron chi connectivity index (χ3n) is 0.213. The summed E-state index contributed by atoms with van der Waals surface area (Å²) in [4.78, 5) is 0. The molecule has 0 bridgehead atoms. The van der Waals surface area contributed by atoms with Gasteiger partial charge in [0.05, 0.1) is 0 Å². The zero-order chi connectivity index (χ0) is 4.28. The molecule has 6 heavy (non-hydrogen) atoms. The van der Waals surface area contributed by atoms with Crippen molar-refractivity contribution in [3.63, 3.8) is 0 Å². The van der Waals surface area contributed by atoms with Crippen LogP contribution in [0, 0.1) is 12.3 Å². The topological polar surface area (TPSA) is 0 Å². The van der Waals surface area contributed by atoms with E-state index in [1.165, 1.54) is 0 Å². The van der Waals surface area contributed by atoms with Gasteiger partial charge in [0, 0.05) is 0 Å². The molecule has 0 aromatic heterocycles. The second kappa shape index (κ2) is 4.82. The molecule has 0 nitrogen and oxygen atoms in total. The fourth-order valence-electron chi connectivity index (χ4n) is 0. The van der Waals surface area contributed by atoms with Crippen molar-refractivity contribution in [1.82, 2.24) is 0 Å². The molecule has 0 aromatic rings. The van der Waals surface area contributed by atoms with Crippen LogP contribution in [-0.4, -0.2) is 0 Å². The summed E-state index contributed by atoms with van der Waals surface area (Å²) < 4.78 is 0. The van der Waals surface area contributed by atoms with Gasteiger partial charge in [-0.1, -0.05) is 0 Å². The Kier molecular flexibility index (Phi) is 7.44. The molecule has 0 aromatic carbocycles. The predicted molar refractivity (Wildman–Crippen MR) is 21.9 cm³/mol. The normalized spacial score (nSPS) is 4.67. The van der Waals surface area contributed by atoms with Crippen LogP contribution in [0.5, 0.6) is 0 Å². The van der Waals surface area contributed by atoms with Gasteiger partial charge in [0.1, 0.15) is 0 Å². The van der Waals surface area contributed by atoms with E-state index < -0.39 is 0 Å². The fourth-order valence-corrected chi connectivity index (χ4v) is 0. The first kappa shape index (κ1) is 9.27. The van der Waals surface area contributed by atoms with Crippen molar-refractivity contribution in [2.24, 2.45) is 0 Å². The van der Waals surface area contributed by atoms with Gasteiger partial charge in [0.25, 0.3) is 0 Å². The van der Waals surface area contributed by atoms with Crippen LogP contribution in [0.15, 0.2) is 12.2 Å². The Morgan fingerprint density at radius 1 is 1.83 bits per heavy atom. The summed E-state index contributed by atoms with van der Waals surface area (Å²) in [5.74, 6) is 2.08. The Morgan fingerprint density at radius 2 is 2.00 bits per heavy atom. The summed E-state index contributed by atoms with van der Waals surface area (Å²) in [6.07, 6.45) is 6.31. The molecule has 1 heteroatoms. The summed E-state index contributed by atoms with van der Waals surface area (Å²) in [6.45, 7) is 5.10. The smallest absolute Gasteiger partial charge is 0.366 e. The number of allylic oxidation sites excluding steroid dienone is 1. The third-order valence-corrected chi connectivity index (χ3v) is 0.213. The molecule has 36 valence electrons. The Bertz CT molecular complexity index is 76.4. The van der Waals surface area contributed by atoms with Gasteiger partial charge >= 0.3 is 17.1 Å². The second-order valence-electron chi connectivity index (χ2n) is 0.905. The van der Waals surface area contributed by atoms with E-state index in [1.54, 1.807) is 6.92 Å². The molecule has 0 aliphatic heterocycles. The van der Waals surface area contributed by atoms with Gasteiger partial charge in [-0.3, -0.25) is 5.92 Å². The molecule has 0 aliphatic carbocycles. The third kappa shape index (κ3) is 9.17. The van der Waals surface area contributed by atoms with Gasteiger partial charge in [0.15, 0.2) is 0 Å². The van der Waals surface area contributed by atoms with Crippen molar-refractivity contribution in [3.8, 4) is 5.92 Å². The summed E-state index contributed by atoms with van der Waals surface area (Å²) in [5, 5.41) is 0. The molecule has 0 heterocycles. The summed E-state index contributed by atoms with van der Waals surface area (Å²) >= 11 is 0. The second-order valence-corrected chi connectivity index (χ2v) is 0.905. The fraction of sp³-hybridized carbons (Fsp3) is 0.200. The Balaban J connectivity index is 0. The first-order chi connectivity index (χ1) is 2.27. The number of hydrogen-bond donors (Lipinski definition) is 0. The zero-order valence-corrected chi connectivity index (χ0v) is 4.45. The van der Waals surface area contributed by atoms with Gasteiger partial charge < -0.3 is 6.42 Å². The summed E-state index contributed by atoms with van der Waals surface area (Å²) in [7, 11) is 0. The van der Waals surface area contributed by atoms with Gasteiger partial charge in [-0.05, 0) is 0 Å². The van der Waals surface area contributed by atoms with E-state index in [9.17, 15) is 0 Å². The minimum Gasteiger partial charge on any atom is -0.366 e. The molecule has 0 saturated heterocycles. The van der Waals surface area contributed by atoms with E-state index in [1.807, 2.05) is 0 Å². The maximum Gasteiger partial charge on any atom is 1.00 e. The van der Waals surface area contributed by atoms with Crippen molar-refractivity contribution in [1.29, 1.82) is 0 Å². The Hall–Kier alpha value is -0.181. The molecular formula is C5H5Cu. The van der Waals surface area contributed by atoms with Crippen LogP contribution in [-0.2, 0) is 17.1 Å². The molecule has 0 N–H and O–H groups in total. The van der Waals surface area contributed by atoms with Crippen LogP contribution in [0.4, 0.5) is 0 Å². The van der Waals surface area contributed by atoms with Crippen molar-refractivity contribution in [3.05, 3.63) is 18.6 Å². The molecule has 0 radical (unpaired) electrons. The maximum atomic E-state index is 6.31. The largest absolute Gasteiger partial charge is 1.00 e. The molecule has 0 unspecified atom stereocenters. The van der Waals surface area contributed by atoms with Crippen LogP contribution in [0.2, 0.25) is 0 Å². The van der Waals surface area contributed by atoms with Crippen LogP contribution in [0.25, 0.3) is 0 Å². The molecule has 0 rings (SSSR count). The van der Waals surface area contributed by atoms with Crippen molar-refractivity contribution < 1.29 is 17.1 Å². The average molecular weight is 129 g/mol. The van der Waals surface area contributed by atoms with Gasteiger partial charge in [0.2, 0.25) is 0 Å². The predicted octanol–water partition coefficient (Wildman–Crippen LogP) is 1.15.